The maximum atomic E-state index is 12.8. The van der Waals surface area contributed by atoms with Crippen LogP contribution in [0.25, 0.3) is 65.0 Å². The van der Waals surface area contributed by atoms with Gasteiger partial charge in [-0.2, -0.15) is 0 Å². The topological polar surface area (TPSA) is 150 Å². The standard InChI is InChI=1S/C23H22N4O3S.C22H22N4OS/c1-13-7-16(30-12-14-3-5-27(2)20(28)8-14)10-17-21(13)25-22(26-23(17)29)18-9-15-4-6-31-19(15)11-24-18;1-14-9-15(13-26-6-3-2-4-7-26)10-17-20(14)24-21(25-22(17)27)18-11-16-5-8-28-19(16)12-23-18/h4,6-7,9-11,14H,3,5,8,12H2,1-2H3,(H,25,26,29);5,8-12H,2-4,6-7,13H2,1H3,(H,24,25,27). The van der Waals surface area contributed by atoms with Crippen LogP contribution in [0.5, 0.6) is 5.75 Å². The van der Waals surface area contributed by atoms with Gasteiger partial charge in [0.2, 0.25) is 5.91 Å². The average Bonchev–Trinajstić information content (AvgIpc) is 3.92. The zero-order valence-electron chi connectivity index (χ0n) is 33.2. The van der Waals surface area contributed by atoms with E-state index in [0.29, 0.717) is 58.1 Å². The maximum absolute atomic E-state index is 12.8. The number of nitrogens with one attached hydrogen (secondary N) is 2. The number of piperidine rings is 2. The lowest BCUT2D eigenvalue weighted by Crippen LogP contribution is -2.37. The van der Waals surface area contributed by atoms with Gasteiger partial charge >= 0.3 is 0 Å². The van der Waals surface area contributed by atoms with Crippen LogP contribution in [0.15, 0.2) is 81.3 Å². The third-order valence-corrected chi connectivity index (χ3v) is 13.0. The Labute approximate surface area is 348 Å². The van der Waals surface area contributed by atoms with Crippen molar-refractivity contribution in [3.8, 4) is 28.8 Å². The summed E-state index contributed by atoms with van der Waals surface area (Å²) in [6.45, 7) is 8.34. The molecule has 14 heteroatoms. The number of carbonyl (C=O) groups excluding carboxylic acids is 1. The highest BCUT2D eigenvalue weighted by Gasteiger charge is 2.24. The lowest BCUT2D eigenvalue weighted by molar-refractivity contribution is -0.133. The molecule has 0 saturated carbocycles. The van der Waals surface area contributed by atoms with Gasteiger partial charge in [-0.3, -0.25) is 29.3 Å². The number of aromatic amines is 2. The van der Waals surface area contributed by atoms with Gasteiger partial charge in [0, 0.05) is 44.9 Å². The second-order valence-electron chi connectivity index (χ2n) is 15.7. The van der Waals surface area contributed by atoms with Crippen LogP contribution in [0.4, 0.5) is 0 Å². The number of ether oxygens (including phenoxy) is 1. The van der Waals surface area contributed by atoms with Crippen molar-refractivity contribution in [1.29, 1.82) is 0 Å². The van der Waals surface area contributed by atoms with Crippen molar-refractivity contribution in [2.75, 3.05) is 33.3 Å². The van der Waals surface area contributed by atoms with Crippen molar-refractivity contribution in [1.82, 2.24) is 39.7 Å². The molecule has 1 unspecified atom stereocenters. The minimum Gasteiger partial charge on any atom is -0.493 e. The van der Waals surface area contributed by atoms with Crippen molar-refractivity contribution in [3.05, 3.63) is 109 Å². The summed E-state index contributed by atoms with van der Waals surface area (Å²) in [5.41, 5.74) is 5.47. The molecule has 2 aliphatic heterocycles. The van der Waals surface area contributed by atoms with Gasteiger partial charge in [-0.15, -0.1) is 22.7 Å². The number of hydrogen-bond donors (Lipinski definition) is 2. The highest BCUT2D eigenvalue weighted by Crippen LogP contribution is 2.28. The normalized spacial score (nSPS) is 16.2. The second kappa shape index (κ2) is 16.4. The molecule has 1 amide bonds. The molecule has 8 heterocycles. The third kappa shape index (κ3) is 8.25. The molecular weight excluding hydrogens is 781 g/mol. The van der Waals surface area contributed by atoms with Gasteiger partial charge in [0.05, 0.1) is 37.8 Å². The molecule has 0 spiro atoms. The van der Waals surface area contributed by atoms with Crippen LogP contribution >= 0.6 is 22.7 Å². The van der Waals surface area contributed by atoms with Gasteiger partial charge in [0.25, 0.3) is 11.1 Å². The Bertz CT molecular complexity index is 2980. The van der Waals surface area contributed by atoms with Crippen LogP contribution in [0.3, 0.4) is 0 Å². The van der Waals surface area contributed by atoms with E-state index in [4.69, 9.17) is 9.72 Å². The molecule has 12 nitrogen and oxygen atoms in total. The number of likely N-dealkylation sites (tertiary alicyclic amines) is 2. The fraction of sp³-hybridized carbons (Fsp3) is 0.311. The van der Waals surface area contributed by atoms with E-state index in [-0.39, 0.29) is 22.9 Å². The van der Waals surface area contributed by atoms with E-state index in [2.05, 4.69) is 42.0 Å². The predicted octanol–water partition coefficient (Wildman–Crippen LogP) is 8.25. The summed E-state index contributed by atoms with van der Waals surface area (Å²) in [4.78, 5) is 66.0. The second-order valence-corrected chi connectivity index (χ2v) is 17.5. The van der Waals surface area contributed by atoms with Crippen LogP contribution in [0.1, 0.15) is 48.8 Å². The largest absolute Gasteiger partial charge is 0.493 e. The highest BCUT2D eigenvalue weighted by atomic mass is 32.1. The van der Waals surface area contributed by atoms with Crippen molar-refractivity contribution in [3.63, 3.8) is 0 Å². The molecule has 0 aliphatic carbocycles. The SMILES string of the molecule is Cc1cc(CN2CCCCC2)cc2c(=O)[nH]c(-c3cc4ccsc4cn3)nc12.Cc1cc(OCC2CCN(C)C(=O)C2)cc2c(=O)[nH]c(-c3cc4ccsc4cn3)nc12. The molecule has 2 saturated heterocycles. The number of benzene rings is 2. The first-order chi connectivity index (χ1) is 28.6. The number of thiophene rings is 2. The number of pyridine rings is 2. The molecule has 2 aliphatic rings. The number of amides is 1. The molecule has 300 valence electrons. The summed E-state index contributed by atoms with van der Waals surface area (Å²) in [6, 6.07) is 15.8. The molecule has 6 aromatic heterocycles. The Morgan fingerprint density at radius 3 is 1.95 bits per heavy atom. The van der Waals surface area contributed by atoms with E-state index >= 15 is 0 Å². The van der Waals surface area contributed by atoms with Crippen molar-refractivity contribution in [2.45, 2.75) is 52.5 Å². The summed E-state index contributed by atoms with van der Waals surface area (Å²) in [5, 5.41) is 7.39. The van der Waals surface area contributed by atoms with Crippen molar-refractivity contribution >= 4 is 70.6 Å². The molecule has 1 atom stereocenters. The molecular formula is C45H44N8O4S2. The van der Waals surface area contributed by atoms with Gasteiger partial charge in [-0.1, -0.05) is 12.5 Å². The molecule has 0 radical (unpaired) electrons. The van der Waals surface area contributed by atoms with Gasteiger partial charge in [-0.05, 0) is 127 Å². The van der Waals surface area contributed by atoms with Crippen LogP contribution in [0, 0.1) is 19.8 Å². The molecule has 8 aromatic rings. The summed E-state index contributed by atoms with van der Waals surface area (Å²) in [5.74, 6) is 1.94. The summed E-state index contributed by atoms with van der Waals surface area (Å²) >= 11 is 3.28. The minimum absolute atomic E-state index is 0.101. The Balaban J connectivity index is 0.000000153. The molecule has 0 bridgehead atoms. The Kier molecular flexibility index (Phi) is 10.8. The van der Waals surface area contributed by atoms with E-state index in [1.54, 1.807) is 39.8 Å². The number of fused-ring (bicyclic) bond motifs is 4. The minimum atomic E-state index is -0.227. The lowest BCUT2D eigenvalue weighted by Gasteiger charge is -2.28. The summed E-state index contributed by atoms with van der Waals surface area (Å²) in [7, 11) is 1.83. The average molecular weight is 825 g/mol. The van der Waals surface area contributed by atoms with Gasteiger partial charge in [-0.25, -0.2) is 9.97 Å². The number of H-pyrrole nitrogens is 2. The smallest absolute Gasteiger partial charge is 0.259 e. The van der Waals surface area contributed by atoms with E-state index in [1.165, 1.54) is 24.8 Å². The van der Waals surface area contributed by atoms with E-state index in [9.17, 15) is 14.4 Å². The Morgan fingerprint density at radius 2 is 1.34 bits per heavy atom. The summed E-state index contributed by atoms with van der Waals surface area (Å²) in [6.07, 6.45) is 8.91. The molecule has 10 rings (SSSR count). The van der Waals surface area contributed by atoms with Crippen LogP contribution in [-0.2, 0) is 11.3 Å². The van der Waals surface area contributed by atoms with Crippen LogP contribution in [-0.4, -0.2) is 78.9 Å². The van der Waals surface area contributed by atoms with Crippen molar-refractivity contribution < 1.29 is 9.53 Å². The van der Waals surface area contributed by atoms with Gasteiger partial charge in [0.1, 0.15) is 17.1 Å². The maximum Gasteiger partial charge on any atom is 0.259 e. The third-order valence-electron chi connectivity index (χ3n) is 11.3. The molecule has 2 N–H and O–H groups in total. The lowest BCUT2D eigenvalue weighted by atomic mass is 9.97. The van der Waals surface area contributed by atoms with Gasteiger partial charge in [0.15, 0.2) is 11.6 Å². The van der Waals surface area contributed by atoms with Crippen LogP contribution in [0.2, 0.25) is 0 Å². The molecule has 59 heavy (non-hydrogen) atoms. The van der Waals surface area contributed by atoms with E-state index in [0.717, 1.165) is 69.4 Å². The van der Waals surface area contributed by atoms with E-state index in [1.807, 2.05) is 68.2 Å². The molecule has 2 aromatic carbocycles. The monoisotopic (exact) mass is 824 g/mol. The number of rotatable bonds is 7. The predicted molar refractivity (Wildman–Crippen MR) is 236 cm³/mol. The zero-order chi connectivity index (χ0) is 40.6. The molecule has 2 fully saturated rings. The number of hydrogen-bond acceptors (Lipinski definition) is 11. The number of aromatic nitrogens is 6. The van der Waals surface area contributed by atoms with E-state index < -0.39 is 0 Å². The number of nitrogens with zero attached hydrogens (tertiary/aromatic N) is 6. The van der Waals surface area contributed by atoms with Gasteiger partial charge < -0.3 is 19.6 Å². The quantitative estimate of drug-likeness (QED) is 0.162. The van der Waals surface area contributed by atoms with Crippen molar-refractivity contribution in [2.24, 2.45) is 5.92 Å². The Hall–Kier alpha value is -5.83. The first kappa shape index (κ1) is 38.7. The highest BCUT2D eigenvalue weighted by molar-refractivity contribution is 7.17. The van der Waals surface area contributed by atoms with Crippen LogP contribution < -0.4 is 15.9 Å². The fourth-order valence-corrected chi connectivity index (χ4v) is 9.50. The Morgan fingerprint density at radius 1 is 0.746 bits per heavy atom. The first-order valence-electron chi connectivity index (χ1n) is 20.0. The fourth-order valence-electron chi connectivity index (χ4n) is 8.02. The summed E-state index contributed by atoms with van der Waals surface area (Å²) < 4.78 is 8.19. The number of aryl methyl sites for hydroxylation is 2. The first-order valence-corrected chi connectivity index (χ1v) is 21.8. The zero-order valence-corrected chi connectivity index (χ0v) is 34.8. The number of carbonyl (C=O) groups is 1.